The van der Waals surface area contributed by atoms with Gasteiger partial charge in [-0.15, -0.1) is 0 Å². The lowest BCUT2D eigenvalue weighted by Gasteiger charge is -2.20. The van der Waals surface area contributed by atoms with Crippen LogP contribution in [0.3, 0.4) is 0 Å². The van der Waals surface area contributed by atoms with Crippen molar-refractivity contribution in [1.29, 1.82) is 0 Å². The summed E-state index contributed by atoms with van der Waals surface area (Å²) in [6.45, 7) is -0.117. The molecule has 0 aliphatic carbocycles. The van der Waals surface area contributed by atoms with Gasteiger partial charge < -0.3 is 14.6 Å². The van der Waals surface area contributed by atoms with Gasteiger partial charge in [-0.3, -0.25) is 0 Å². The van der Waals surface area contributed by atoms with Crippen LogP contribution in [-0.2, 0) is 7.05 Å². The predicted molar refractivity (Wildman–Crippen MR) is 101 cm³/mol. The van der Waals surface area contributed by atoms with E-state index in [1.54, 1.807) is 6.07 Å². The third-order valence-corrected chi connectivity index (χ3v) is 5.02. The number of aliphatic hydroxyl groups is 1. The molecule has 4 nitrogen and oxygen atoms in total. The summed E-state index contributed by atoms with van der Waals surface area (Å²) in [4.78, 5) is 0. The molecule has 1 aromatic heterocycles. The maximum Gasteiger partial charge on any atom is 0.253 e. The van der Waals surface area contributed by atoms with Crippen LogP contribution in [0.15, 0.2) is 54.6 Å². The highest BCUT2D eigenvalue weighted by molar-refractivity contribution is 6.12. The Balaban J connectivity index is 1.95. The van der Waals surface area contributed by atoms with Crippen LogP contribution in [-0.4, -0.2) is 18.3 Å². The molecule has 1 N–H and O–H groups in total. The molecule has 0 unspecified atom stereocenters. The first kappa shape index (κ1) is 16.0. The molecule has 0 bridgehead atoms. The lowest BCUT2D eigenvalue weighted by Crippen LogP contribution is -2.34. The molecule has 0 atom stereocenters. The Morgan fingerprint density at radius 2 is 1.81 bits per heavy atom. The van der Waals surface area contributed by atoms with E-state index in [0.717, 1.165) is 38.9 Å². The van der Waals surface area contributed by atoms with Gasteiger partial charge in [-0.25, -0.2) is 0 Å². The Hall–Kier alpha value is -3.18. The molecular formula is C22H17FNO3+. The highest BCUT2D eigenvalue weighted by Crippen LogP contribution is 2.46. The van der Waals surface area contributed by atoms with Gasteiger partial charge in [0.25, 0.3) is 5.52 Å². The zero-order valence-corrected chi connectivity index (χ0v) is 14.7. The molecule has 134 valence electrons. The maximum atomic E-state index is 15.3. The van der Waals surface area contributed by atoms with Gasteiger partial charge in [0.15, 0.2) is 5.75 Å². The van der Waals surface area contributed by atoms with Crippen molar-refractivity contribution < 1.29 is 23.5 Å². The number of pyridine rings is 1. The molecule has 4 aromatic rings. The van der Waals surface area contributed by atoms with Crippen LogP contribution < -0.4 is 14.0 Å². The predicted octanol–water partition coefficient (Wildman–Crippen LogP) is 4.10. The lowest BCUT2D eigenvalue weighted by atomic mass is 9.96. The minimum Gasteiger partial charge on any atom is -0.488 e. The van der Waals surface area contributed by atoms with E-state index in [4.69, 9.17) is 14.6 Å². The number of ether oxygens (including phenoxy) is 2. The van der Waals surface area contributed by atoms with Crippen LogP contribution in [0.1, 0.15) is 0 Å². The van der Waals surface area contributed by atoms with Crippen LogP contribution in [0, 0.1) is 5.82 Å². The van der Waals surface area contributed by atoms with Crippen molar-refractivity contribution >= 4 is 21.7 Å². The Morgan fingerprint density at radius 3 is 2.67 bits per heavy atom. The highest BCUT2D eigenvalue weighted by atomic mass is 19.1. The SMILES string of the molecule is C[n+]1c2c3c(cccc3c3ccc(OCCO)c(F)c31)Oc1ccccc1-2. The number of hydrogen-bond acceptors (Lipinski definition) is 3. The Labute approximate surface area is 155 Å². The average molecular weight is 362 g/mol. The number of hydrogen-bond donors (Lipinski definition) is 1. The van der Waals surface area contributed by atoms with Gasteiger partial charge in [-0.05, 0) is 30.3 Å². The summed E-state index contributed by atoms with van der Waals surface area (Å²) in [5, 5.41) is 11.7. The summed E-state index contributed by atoms with van der Waals surface area (Å²) in [6, 6.07) is 17.1. The average Bonchev–Trinajstić information content (AvgIpc) is 2.69. The molecule has 5 rings (SSSR count). The third kappa shape index (κ3) is 2.22. The summed E-state index contributed by atoms with van der Waals surface area (Å²) < 4.78 is 28.7. The van der Waals surface area contributed by atoms with Gasteiger partial charge in [-0.1, -0.05) is 24.3 Å². The van der Waals surface area contributed by atoms with E-state index in [1.807, 2.05) is 60.1 Å². The summed E-state index contributed by atoms with van der Waals surface area (Å²) in [6.07, 6.45) is 0. The van der Waals surface area contributed by atoms with E-state index < -0.39 is 5.82 Å². The standard InChI is InChI=1S/C22H17FNO3/c1-24-21-15-5-2-3-7-16(15)27-17-8-4-6-13(19(17)21)14-9-10-18(26-12-11-25)20(23)22(14)24/h2-10,25H,11-12H2,1H3/q+1. The van der Waals surface area contributed by atoms with Crippen molar-refractivity contribution in [2.45, 2.75) is 0 Å². The molecule has 5 heteroatoms. The Bertz CT molecular complexity index is 1220. The number of aliphatic hydroxyl groups excluding tert-OH is 1. The normalized spacial score (nSPS) is 12.1. The van der Waals surface area contributed by atoms with Crippen LogP contribution >= 0.6 is 0 Å². The second-order valence-electron chi connectivity index (χ2n) is 6.53. The fraction of sp³-hybridized carbons (Fsp3) is 0.136. The molecule has 27 heavy (non-hydrogen) atoms. The fourth-order valence-corrected chi connectivity index (χ4v) is 3.91. The summed E-state index contributed by atoms with van der Waals surface area (Å²) in [5.74, 6) is 1.21. The van der Waals surface area contributed by atoms with E-state index in [2.05, 4.69) is 0 Å². The Kier molecular flexibility index (Phi) is 3.52. The molecule has 0 spiro atoms. The van der Waals surface area contributed by atoms with Crippen molar-refractivity contribution in [2.75, 3.05) is 13.2 Å². The van der Waals surface area contributed by atoms with Crippen molar-refractivity contribution in [3.63, 3.8) is 0 Å². The van der Waals surface area contributed by atoms with Crippen LogP contribution in [0.5, 0.6) is 17.2 Å². The van der Waals surface area contributed by atoms with Crippen LogP contribution in [0.2, 0.25) is 0 Å². The largest absolute Gasteiger partial charge is 0.488 e. The Morgan fingerprint density at radius 1 is 1.00 bits per heavy atom. The van der Waals surface area contributed by atoms with Gasteiger partial charge in [-0.2, -0.15) is 8.96 Å². The first-order valence-corrected chi connectivity index (χ1v) is 8.78. The molecule has 1 aliphatic rings. The summed E-state index contributed by atoms with van der Waals surface area (Å²) >= 11 is 0. The van der Waals surface area contributed by atoms with Gasteiger partial charge in [0.1, 0.15) is 25.2 Å². The first-order chi connectivity index (χ1) is 13.2. The van der Waals surface area contributed by atoms with E-state index in [9.17, 15) is 0 Å². The van der Waals surface area contributed by atoms with E-state index >= 15 is 4.39 Å². The number of para-hydroxylation sites is 1. The lowest BCUT2D eigenvalue weighted by molar-refractivity contribution is -0.633. The number of nitrogens with zero attached hydrogens (tertiary/aromatic N) is 1. The van der Waals surface area contributed by atoms with Crippen LogP contribution in [0.4, 0.5) is 4.39 Å². The third-order valence-electron chi connectivity index (χ3n) is 5.02. The van der Waals surface area contributed by atoms with Gasteiger partial charge >= 0.3 is 0 Å². The monoisotopic (exact) mass is 362 g/mol. The second-order valence-corrected chi connectivity index (χ2v) is 6.53. The summed E-state index contributed by atoms with van der Waals surface area (Å²) in [7, 11) is 1.86. The minimum atomic E-state index is -0.434. The molecule has 2 heterocycles. The minimum absolute atomic E-state index is 0.0490. The van der Waals surface area contributed by atoms with Crippen molar-refractivity contribution in [2.24, 2.45) is 7.05 Å². The van der Waals surface area contributed by atoms with Gasteiger partial charge in [0.2, 0.25) is 11.5 Å². The van der Waals surface area contributed by atoms with E-state index in [1.165, 1.54) is 0 Å². The van der Waals surface area contributed by atoms with Crippen molar-refractivity contribution in [3.8, 4) is 28.5 Å². The molecule has 0 saturated carbocycles. The number of rotatable bonds is 3. The number of aromatic nitrogens is 1. The molecule has 3 aromatic carbocycles. The fourth-order valence-electron chi connectivity index (χ4n) is 3.91. The quantitative estimate of drug-likeness (QED) is 0.388. The van der Waals surface area contributed by atoms with Gasteiger partial charge in [0.05, 0.1) is 22.9 Å². The van der Waals surface area contributed by atoms with Crippen LogP contribution in [0.25, 0.3) is 32.9 Å². The summed E-state index contributed by atoms with van der Waals surface area (Å²) in [5.41, 5.74) is 2.29. The topological polar surface area (TPSA) is 42.6 Å². The molecule has 0 saturated heterocycles. The maximum absolute atomic E-state index is 15.3. The molecule has 0 amide bonds. The second kappa shape index (κ2) is 5.93. The highest BCUT2D eigenvalue weighted by Gasteiger charge is 2.31. The van der Waals surface area contributed by atoms with Crippen molar-refractivity contribution in [3.05, 3.63) is 60.4 Å². The molecule has 0 radical (unpaired) electrons. The first-order valence-electron chi connectivity index (χ1n) is 8.78. The van der Waals surface area contributed by atoms with Gasteiger partial charge in [0, 0.05) is 5.39 Å². The van der Waals surface area contributed by atoms with Crippen molar-refractivity contribution in [1.82, 2.24) is 0 Å². The number of aryl methyl sites for hydroxylation is 1. The number of benzene rings is 3. The zero-order valence-electron chi connectivity index (χ0n) is 14.7. The molecule has 0 fully saturated rings. The zero-order chi connectivity index (χ0) is 18.5. The number of fused-ring (bicyclic) bond motifs is 4. The van der Waals surface area contributed by atoms with E-state index in [0.29, 0.717) is 5.52 Å². The number of halogens is 1. The molecule has 1 aliphatic heterocycles. The molecular weight excluding hydrogens is 345 g/mol. The van der Waals surface area contributed by atoms with E-state index in [-0.39, 0.29) is 19.0 Å². The smallest absolute Gasteiger partial charge is 0.253 e.